The largest absolute Gasteiger partial charge is 0.507 e. The minimum absolute atomic E-state index is 0.0221. The van der Waals surface area contributed by atoms with Gasteiger partial charge in [-0.1, -0.05) is 12.1 Å². The van der Waals surface area contributed by atoms with Gasteiger partial charge in [-0.3, -0.25) is 0 Å². The Labute approximate surface area is 91.8 Å². The summed E-state index contributed by atoms with van der Waals surface area (Å²) in [4.78, 5) is 11.6. The minimum atomic E-state index is -0.537. The number of hydrogen-bond acceptors (Lipinski definition) is 4. The van der Waals surface area contributed by atoms with E-state index < -0.39 is 5.63 Å². The fourth-order valence-corrected chi connectivity index (χ4v) is 1.65. The molecule has 0 unspecified atom stereocenters. The average molecular weight is 220 g/mol. The Kier molecular flexibility index (Phi) is 2.92. The van der Waals surface area contributed by atoms with E-state index in [0.29, 0.717) is 23.8 Å². The highest BCUT2D eigenvalue weighted by Crippen LogP contribution is 2.26. The highest BCUT2D eigenvalue weighted by molar-refractivity contribution is 5.83. The highest BCUT2D eigenvalue weighted by atomic mass is 16.4. The summed E-state index contributed by atoms with van der Waals surface area (Å²) < 4.78 is 5.07. The van der Waals surface area contributed by atoms with Crippen molar-refractivity contribution >= 4 is 11.0 Å². The van der Waals surface area contributed by atoms with Crippen LogP contribution in [0.4, 0.5) is 0 Å². The van der Waals surface area contributed by atoms with Gasteiger partial charge in [0.05, 0.1) is 10.9 Å². The van der Waals surface area contributed by atoms with Gasteiger partial charge in [0.1, 0.15) is 11.3 Å². The molecule has 4 nitrogen and oxygen atoms in total. The third-order valence-corrected chi connectivity index (χ3v) is 2.46. The van der Waals surface area contributed by atoms with Gasteiger partial charge in [0.2, 0.25) is 0 Å². The molecule has 2 N–H and O–H groups in total. The van der Waals surface area contributed by atoms with Crippen molar-refractivity contribution < 1.29 is 14.6 Å². The molecule has 0 aliphatic heterocycles. The van der Waals surface area contributed by atoms with Crippen molar-refractivity contribution in [3.05, 3.63) is 40.2 Å². The van der Waals surface area contributed by atoms with Crippen LogP contribution in [0.5, 0.6) is 5.75 Å². The van der Waals surface area contributed by atoms with E-state index >= 15 is 0 Å². The van der Waals surface area contributed by atoms with Crippen molar-refractivity contribution in [3.63, 3.8) is 0 Å². The molecule has 0 radical (unpaired) electrons. The van der Waals surface area contributed by atoms with Crippen LogP contribution in [0.3, 0.4) is 0 Å². The number of para-hydroxylation sites is 1. The lowest BCUT2D eigenvalue weighted by atomic mass is 10.1. The molecule has 0 spiro atoms. The van der Waals surface area contributed by atoms with Crippen LogP contribution >= 0.6 is 0 Å². The fourth-order valence-electron chi connectivity index (χ4n) is 1.65. The molecule has 0 saturated carbocycles. The molecule has 0 fully saturated rings. The van der Waals surface area contributed by atoms with Crippen LogP contribution in [0.2, 0.25) is 0 Å². The van der Waals surface area contributed by atoms with E-state index in [0.717, 1.165) is 0 Å². The van der Waals surface area contributed by atoms with Crippen molar-refractivity contribution in [1.82, 2.24) is 0 Å². The summed E-state index contributed by atoms with van der Waals surface area (Å²) in [7, 11) is 0. The Hall–Kier alpha value is -1.81. The van der Waals surface area contributed by atoms with Crippen LogP contribution in [0.1, 0.15) is 12.0 Å². The van der Waals surface area contributed by atoms with E-state index in [2.05, 4.69) is 0 Å². The molecule has 0 bridgehead atoms. The number of fused-ring (bicyclic) bond motifs is 1. The van der Waals surface area contributed by atoms with E-state index in [1.807, 2.05) is 0 Å². The second-order valence-electron chi connectivity index (χ2n) is 3.54. The van der Waals surface area contributed by atoms with Crippen molar-refractivity contribution in [3.8, 4) is 5.75 Å². The average Bonchev–Trinajstić information content (AvgIpc) is 2.29. The topological polar surface area (TPSA) is 70.7 Å². The lowest BCUT2D eigenvalue weighted by Gasteiger charge is -2.04. The Morgan fingerprint density at radius 1 is 1.25 bits per heavy atom. The summed E-state index contributed by atoms with van der Waals surface area (Å²) in [5.41, 5.74) is 0.0650. The monoisotopic (exact) mass is 220 g/mol. The van der Waals surface area contributed by atoms with Gasteiger partial charge in [0.15, 0.2) is 0 Å². The standard InChI is InChI=1S/C12H12O4/c13-7-3-5-9-11(14)8-4-1-2-6-10(8)16-12(9)15/h1-2,4,6,13-14H,3,5,7H2. The summed E-state index contributed by atoms with van der Waals surface area (Å²) >= 11 is 0. The van der Waals surface area contributed by atoms with Crippen LogP contribution in [-0.4, -0.2) is 16.8 Å². The first-order valence-electron chi connectivity index (χ1n) is 5.08. The van der Waals surface area contributed by atoms with Gasteiger partial charge in [0, 0.05) is 6.61 Å². The summed E-state index contributed by atoms with van der Waals surface area (Å²) in [5.74, 6) is -0.0414. The van der Waals surface area contributed by atoms with Gasteiger partial charge in [-0.25, -0.2) is 4.79 Å². The third kappa shape index (κ3) is 1.79. The zero-order valence-electron chi connectivity index (χ0n) is 8.64. The van der Waals surface area contributed by atoms with Crippen molar-refractivity contribution in [1.29, 1.82) is 0 Å². The third-order valence-electron chi connectivity index (χ3n) is 2.46. The molecule has 4 heteroatoms. The van der Waals surface area contributed by atoms with Gasteiger partial charge in [-0.15, -0.1) is 0 Å². The molecule has 0 amide bonds. The van der Waals surface area contributed by atoms with Crippen LogP contribution < -0.4 is 5.63 Å². The predicted molar refractivity (Wildman–Crippen MR) is 59.6 cm³/mol. The van der Waals surface area contributed by atoms with Gasteiger partial charge < -0.3 is 14.6 Å². The van der Waals surface area contributed by atoms with E-state index in [1.54, 1.807) is 24.3 Å². The Morgan fingerprint density at radius 2 is 2.00 bits per heavy atom. The van der Waals surface area contributed by atoms with Crippen molar-refractivity contribution in [2.45, 2.75) is 12.8 Å². The maximum absolute atomic E-state index is 11.6. The summed E-state index contributed by atoms with van der Waals surface area (Å²) in [5, 5.41) is 19.1. The number of benzene rings is 1. The minimum Gasteiger partial charge on any atom is -0.507 e. The molecule has 84 valence electrons. The molecule has 2 rings (SSSR count). The Morgan fingerprint density at radius 3 is 2.75 bits per heavy atom. The Balaban J connectivity index is 2.61. The molecule has 0 saturated heterocycles. The fraction of sp³-hybridized carbons (Fsp3) is 0.250. The maximum atomic E-state index is 11.6. The molecule has 1 aromatic heterocycles. The second kappa shape index (κ2) is 4.37. The van der Waals surface area contributed by atoms with Gasteiger partial charge in [0.25, 0.3) is 0 Å². The first-order valence-corrected chi connectivity index (χ1v) is 5.08. The van der Waals surface area contributed by atoms with Crippen LogP contribution in [0.25, 0.3) is 11.0 Å². The van der Waals surface area contributed by atoms with E-state index in [1.165, 1.54) is 0 Å². The molecule has 0 aliphatic carbocycles. The van der Waals surface area contributed by atoms with Gasteiger partial charge in [-0.2, -0.15) is 0 Å². The normalized spacial score (nSPS) is 10.8. The first-order chi connectivity index (χ1) is 7.74. The van der Waals surface area contributed by atoms with Crippen molar-refractivity contribution in [2.24, 2.45) is 0 Å². The molecular formula is C12H12O4. The lowest BCUT2D eigenvalue weighted by Crippen LogP contribution is -2.08. The highest BCUT2D eigenvalue weighted by Gasteiger charge is 2.12. The SMILES string of the molecule is O=c1oc2ccccc2c(O)c1CCCO. The van der Waals surface area contributed by atoms with E-state index in [4.69, 9.17) is 9.52 Å². The van der Waals surface area contributed by atoms with E-state index in [-0.39, 0.29) is 17.9 Å². The van der Waals surface area contributed by atoms with Gasteiger partial charge in [-0.05, 0) is 25.0 Å². The summed E-state index contributed by atoms with van der Waals surface area (Å²) in [6, 6.07) is 6.82. The molecule has 2 aromatic rings. The lowest BCUT2D eigenvalue weighted by molar-refractivity contribution is 0.287. The van der Waals surface area contributed by atoms with Crippen molar-refractivity contribution in [2.75, 3.05) is 6.61 Å². The molecular weight excluding hydrogens is 208 g/mol. The summed E-state index contributed by atoms with van der Waals surface area (Å²) in [6.07, 6.45) is 0.742. The molecule has 0 atom stereocenters. The molecule has 1 heterocycles. The maximum Gasteiger partial charge on any atom is 0.343 e. The quantitative estimate of drug-likeness (QED) is 0.767. The van der Waals surface area contributed by atoms with Crippen LogP contribution in [0, 0.1) is 0 Å². The number of hydrogen-bond donors (Lipinski definition) is 2. The number of rotatable bonds is 3. The molecule has 0 aliphatic rings. The number of aliphatic hydroxyl groups excluding tert-OH is 1. The van der Waals surface area contributed by atoms with E-state index in [9.17, 15) is 9.90 Å². The number of aliphatic hydroxyl groups is 1. The van der Waals surface area contributed by atoms with Crippen LogP contribution in [0.15, 0.2) is 33.5 Å². The molecule has 16 heavy (non-hydrogen) atoms. The first kappa shape index (κ1) is 10.7. The summed E-state index contributed by atoms with van der Waals surface area (Å²) in [6.45, 7) is -0.0221. The Bertz CT molecular complexity index is 556. The smallest absolute Gasteiger partial charge is 0.343 e. The van der Waals surface area contributed by atoms with Gasteiger partial charge >= 0.3 is 5.63 Å². The predicted octanol–water partition coefficient (Wildman–Crippen LogP) is 1.42. The number of aromatic hydroxyl groups is 1. The molecule has 1 aromatic carbocycles. The second-order valence-corrected chi connectivity index (χ2v) is 3.54. The zero-order valence-corrected chi connectivity index (χ0v) is 8.64. The zero-order chi connectivity index (χ0) is 11.5. The van der Waals surface area contributed by atoms with Crippen LogP contribution in [-0.2, 0) is 6.42 Å².